The molecule has 2 rings (SSSR count). The lowest BCUT2D eigenvalue weighted by Crippen LogP contribution is -2.32. The maximum absolute atomic E-state index is 11.5. The Kier molecular flexibility index (Phi) is 3.02. The molecule has 0 bridgehead atoms. The fourth-order valence-electron chi connectivity index (χ4n) is 2.46. The van der Waals surface area contributed by atoms with Gasteiger partial charge in [0, 0.05) is 4.88 Å². The average molecular weight is 239 g/mol. The summed E-state index contributed by atoms with van der Waals surface area (Å²) >= 11 is 1.57. The van der Waals surface area contributed by atoms with E-state index in [1.54, 1.807) is 11.3 Å². The van der Waals surface area contributed by atoms with Gasteiger partial charge in [-0.25, -0.2) is 4.98 Å². The van der Waals surface area contributed by atoms with Gasteiger partial charge in [-0.1, -0.05) is 19.8 Å². The van der Waals surface area contributed by atoms with E-state index in [0.717, 1.165) is 42.8 Å². The Morgan fingerprint density at radius 3 is 2.56 bits per heavy atom. The number of carbonyl (C=O) groups is 1. The van der Waals surface area contributed by atoms with E-state index < -0.39 is 11.4 Å². The van der Waals surface area contributed by atoms with Gasteiger partial charge in [0.25, 0.3) is 0 Å². The second-order valence-electron chi connectivity index (χ2n) is 4.47. The van der Waals surface area contributed by atoms with Crippen LogP contribution in [-0.2, 0) is 16.6 Å². The van der Waals surface area contributed by atoms with Gasteiger partial charge in [-0.3, -0.25) is 4.79 Å². The lowest BCUT2D eigenvalue weighted by atomic mass is 9.87. The third-order valence-electron chi connectivity index (χ3n) is 3.50. The van der Waals surface area contributed by atoms with Crippen molar-refractivity contribution >= 4 is 17.3 Å². The summed E-state index contributed by atoms with van der Waals surface area (Å²) in [6.45, 7) is 4.10. The van der Waals surface area contributed by atoms with Crippen LogP contribution in [0.1, 0.15) is 48.2 Å². The van der Waals surface area contributed by atoms with Gasteiger partial charge in [-0.05, 0) is 26.2 Å². The summed E-state index contributed by atoms with van der Waals surface area (Å²) in [6.07, 6.45) is 4.40. The molecule has 88 valence electrons. The maximum Gasteiger partial charge on any atom is 0.316 e. The third-order valence-corrected chi connectivity index (χ3v) is 4.72. The quantitative estimate of drug-likeness (QED) is 0.882. The number of aryl methyl sites for hydroxylation is 2. The van der Waals surface area contributed by atoms with E-state index in [4.69, 9.17) is 0 Å². The summed E-state index contributed by atoms with van der Waals surface area (Å²) in [4.78, 5) is 17.2. The number of carboxylic acid groups (broad SMARTS) is 1. The first-order valence-electron chi connectivity index (χ1n) is 5.80. The van der Waals surface area contributed by atoms with Crippen molar-refractivity contribution in [2.45, 2.75) is 51.4 Å². The van der Waals surface area contributed by atoms with Crippen LogP contribution in [0.2, 0.25) is 0 Å². The molecule has 3 nitrogen and oxygen atoms in total. The van der Waals surface area contributed by atoms with Crippen LogP contribution in [-0.4, -0.2) is 16.1 Å². The van der Waals surface area contributed by atoms with Crippen LogP contribution in [0, 0.1) is 6.92 Å². The summed E-state index contributed by atoms with van der Waals surface area (Å²) in [5.41, 5.74) is 0.385. The standard InChI is InChI=1S/C12H17NO2S/c1-3-9-8(2)16-10(13-9)12(11(14)15)6-4-5-7-12/h3-7H2,1-2H3,(H,14,15). The largest absolute Gasteiger partial charge is 0.481 e. The Balaban J connectivity index is 2.43. The van der Waals surface area contributed by atoms with Crippen LogP contribution in [0.4, 0.5) is 0 Å². The monoisotopic (exact) mass is 239 g/mol. The molecule has 0 aliphatic heterocycles. The van der Waals surface area contributed by atoms with Crippen LogP contribution < -0.4 is 0 Å². The second kappa shape index (κ2) is 4.17. The normalized spacial score (nSPS) is 18.9. The van der Waals surface area contributed by atoms with Gasteiger partial charge in [0.05, 0.1) is 5.69 Å². The maximum atomic E-state index is 11.5. The smallest absolute Gasteiger partial charge is 0.316 e. The molecule has 0 aromatic carbocycles. The van der Waals surface area contributed by atoms with Crippen molar-refractivity contribution in [3.63, 3.8) is 0 Å². The highest BCUT2D eigenvalue weighted by molar-refractivity contribution is 7.12. The molecule has 1 aliphatic rings. The van der Waals surface area contributed by atoms with Crippen molar-refractivity contribution < 1.29 is 9.90 Å². The van der Waals surface area contributed by atoms with E-state index in [9.17, 15) is 9.90 Å². The van der Waals surface area contributed by atoms with E-state index in [0.29, 0.717) is 0 Å². The number of hydrogen-bond acceptors (Lipinski definition) is 3. The van der Waals surface area contributed by atoms with Crippen molar-refractivity contribution in [2.75, 3.05) is 0 Å². The zero-order valence-corrected chi connectivity index (χ0v) is 10.6. The molecule has 1 aromatic rings. The SMILES string of the molecule is CCc1nc(C2(C(=O)O)CCCC2)sc1C. The van der Waals surface area contributed by atoms with E-state index in [-0.39, 0.29) is 0 Å². The first-order chi connectivity index (χ1) is 7.60. The fraction of sp³-hybridized carbons (Fsp3) is 0.667. The van der Waals surface area contributed by atoms with Gasteiger partial charge < -0.3 is 5.11 Å². The fourth-order valence-corrected chi connectivity index (χ4v) is 3.70. The van der Waals surface area contributed by atoms with Crippen LogP contribution in [0.5, 0.6) is 0 Å². The van der Waals surface area contributed by atoms with Gasteiger partial charge in [0.2, 0.25) is 0 Å². The highest BCUT2D eigenvalue weighted by atomic mass is 32.1. The van der Waals surface area contributed by atoms with Gasteiger partial charge in [0.15, 0.2) is 0 Å². The molecule has 1 heterocycles. The van der Waals surface area contributed by atoms with Crippen LogP contribution >= 0.6 is 11.3 Å². The summed E-state index contributed by atoms with van der Waals surface area (Å²) in [7, 11) is 0. The minimum atomic E-state index is -0.693. The van der Waals surface area contributed by atoms with Crippen LogP contribution in [0.25, 0.3) is 0 Å². The molecule has 4 heteroatoms. The van der Waals surface area contributed by atoms with Crippen molar-refractivity contribution in [1.29, 1.82) is 0 Å². The molecule has 0 unspecified atom stereocenters. The number of rotatable bonds is 3. The van der Waals surface area contributed by atoms with Gasteiger partial charge in [0.1, 0.15) is 10.4 Å². The highest BCUT2D eigenvalue weighted by Gasteiger charge is 2.45. The molecular formula is C12H17NO2S. The Morgan fingerprint density at radius 2 is 2.12 bits per heavy atom. The molecule has 0 atom stereocenters. The number of carboxylic acids is 1. The molecule has 16 heavy (non-hydrogen) atoms. The molecule has 1 fully saturated rings. The first-order valence-corrected chi connectivity index (χ1v) is 6.62. The molecule has 1 N–H and O–H groups in total. The second-order valence-corrected chi connectivity index (χ2v) is 5.67. The van der Waals surface area contributed by atoms with Crippen molar-refractivity contribution in [2.24, 2.45) is 0 Å². The van der Waals surface area contributed by atoms with Crippen molar-refractivity contribution in [1.82, 2.24) is 4.98 Å². The Hall–Kier alpha value is -0.900. The number of aromatic nitrogens is 1. The number of thiazole rings is 1. The lowest BCUT2D eigenvalue weighted by Gasteiger charge is -2.20. The molecule has 1 aromatic heterocycles. The lowest BCUT2D eigenvalue weighted by molar-refractivity contribution is -0.143. The third kappa shape index (κ3) is 1.65. The topological polar surface area (TPSA) is 50.2 Å². The van der Waals surface area contributed by atoms with Crippen LogP contribution in [0.3, 0.4) is 0 Å². The Labute approximate surface area is 99.5 Å². The van der Waals surface area contributed by atoms with Gasteiger partial charge in [-0.15, -0.1) is 11.3 Å². The zero-order valence-electron chi connectivity index (χ0n) is 9.75. The molecule has 0 amide bonds. The Bertz CT molecular complexity index is 405. The minimum absolute atomic E-state index is 0.678. The molecule has 1 saturated carbocycles. The predicted molar refractivity (Wildman–Crippen MR) is 64.0 cm³/mol. The van der Waals surface area contributed by atoms with Crippen molar-refractivity contribution in [3.8, 4) is 0 Å². The summed E-state index contributed by atoms with van der Waals surface area (Å²) in [5, 5.41) is 10.3. The predicted octanol–water partition coefficient (Wildman–Crippen LogP) is 2.91. The molecule has 1 aliphatic carbocycles. The number of hydrogen-bond donors (Lipinski definition) is 1. The average Bonchev–Trinajstić information content (AvgIpc) is 2.84. The van der Waals surface area contributed by atoms with E-state index in [2.05, 4.69) is 11.9 Å². The molecule has 0 radical (unpaired) electrons. The molecule has 0 spiro atoms. The van der Waals surface area contributed by atoms with E-state index in [1.807, 2.05) is 6.92 Å². The van der Waals surface area contributed by atoms with Crippen molar-refractivity contribution in [3.05, 3.63) is 15.6 Å². The Morgan fingerprint density at radius 1 is 1.50 bits per heavy atom. The first kappa shape index (κ1) is 11.6. The van der Waals surface area contributed by atoms with E-state index in [1.165, 1.54) is 4.88 Å². The minimum Gasteiger partial charge on any atom is -0.481 e. The highest BCUT2D eigenvalue weighted by Crippen LogP contribution is 2.43. The number of aliphatic carboxylic acids is 1. The zero-order chi connectivity index (χ0) is 11.8. The van der Waals surface area contributed by atoms with Gasteiger partial charge >= 0.3 is 5.97 Å². The summed E-state index contributed by atoms with van der Waals surface area (Å²) < 4.78 is 0. The molecule has 0 saturated heterocycles. The molecular weight excluding hydrogens is 222 g/mol. The summed E-state index contributed by atoms with van der Waals surface area (Å²) in [5.74, 6) is -0.693. The van der Waals surface area contributed by atoms with Gasteiger partial charge in [-0.2, -0.15) is 0 Å². The summed E-state index contributed by atoms with van der Waals surface area (Å²) in [6, 6.07) is 0. The number of nitrogens with zero attached hydrogens (tertiary/aromatic N) is 1. The van der Waals surface area contributed by atoms with E-state index >= 15 is 0 Å². The van der Waals surface area contributed by atoms with Crippen LogP contribution in [0.15, 0.2) is 0 Å².